The van der Waals surface area contributed by atoms with Crippen LogP contribution >= 0.6 is 11.3 Å². The van der Waals surface area contributed by atoms with Gasteiger partial charge in [-0.2, -0.15) is 0 Å². The molecule has 3 rings (SSSR count). The second kappa shape index (κ2) is 8.41. The third-order valence-corrected chi connectivity index (χ3v) is 5.48. The van der Waals surface area contributed by atoms with E-state index in [1.165, 1.54) is 25.2 Å². The Balaban J connectivity index is 1.85. The normalized spacial score (nSPS) is 12.7. The number of anilines is 2. The van der Waals surface area contributed by atoms with Crippen molar-refractivity contribution in [3.8, 4) is 0 Å². The molecule has 0 bridgehead atoms. The van der Waals surface area contributed by atoms with Crippen LogP contribution in [0.4, 0.5) is 11.4 Å². The molecule has 29 heavy (non-hydrogen) atoms. The topological polar surface area (TPSA) is 128 Å². The summed E-state index contributed by atoms with van der Waals surface area (Å²) < 4.78 is 0. The standard InChI is InChI=1S/C19H20N4O5S/c1-10(24)20-14-5-13(6-15(8-14)21-11(2)25)19(27)23-4-3-12-7-16(18(26)22-28)29-17(12)9-23/h5-8,28H,3-4,9H2,1-2H3,(H,20,24)(H,21,25)(H,22,26). The van der Waals surface area contributed by atoms with Crippen LogP contribution in [0.25, 0.3) is 0 Å². The Morgan fingerprint density at radius 2 is 1.62 bits per heavy atom. The number of hydrogen-bond acceptors (Lipinski definition) is 6. The van der Waals surface area contributed by atoms with Crippen LogP contribution < -0.4 is 16.1 Å². The van der Waals surface area contributed by atoms with Gasteiger partial charge in [0.2, 0.25) is 11.8 Å². The maximum atomic E-state index is 13.1. The summed E-state index contributed by atoms with van der Waals surface area (Å²) in [5, 5.41) is 14.1. The van der Waals surface area contributed by atoms with E-state index in [4.69, 9.17) is 5.21 Å². The molecule has 152 valence electrons. The maximum Gasteiger partial charge on any atom is 0.284 e. The molecule has 0 aliphatic carbocycles. The quantitative estimate of drug-likeness (QED) is 0.448. The van der Waals surface area contributed by atoms with E-state index in [0.717, 1.165) is 10.4 Å². The Bertz CT molecular complexity index is 966. The van der Waals surface area contributed by atoms with Crippen LogP contribution in [0.2, 0.25) is 0 Å². The van der Waals surface area contributed by atoms with E-state index in [9.17, 15) is 19.2 Å². The number of hydrogen-bond donors (Lipinski definition) is 4. The monoisotopic (exact) mass is 416 g/mol. The first-order valence-corrected chi connectivity index (χ1v) is 9.64. The average molecular weight is 416 g/mol. The number of hydroxylamine groups is 1. The van der Waals surface area contributed by atoms with Crippen LogP contribution in [0.3, 0.4) is 0 Å². The molecule has 0 fully saturated rings. The lowest BCUT2D eigenvalue weighted by Crippen LogP contribution is -2.35. The number of thiophene rings is 1. The molecular formula is C19H20N4O5S. The van der Waals surface area contributed by atoms with Crippen molar-refractivity contribution in [2.24, 2.45) is 0 Å². The second-order valence-electron chi connectivity index (χ2n) is 6.64. The highest BCUT2D eigenvalue weighted by molar-refractivity contribution is 7.14. The van der Waals surface area contributed by atoms with Gasteiger partial charge in [-0.3, -0.25) is 24.4 Å². The molecule has 1 aliphatic rings. The summed E-state index contributed by atoms with van der Waals surface area (Å²) in [5.41, 5.74) is 3.73. The molecule has 9 nitrogen and oxygen atoms in total. The van der Waals surface area contributed by atoms with E-state index in [2.05, 4.69) is 10.6 Å². The van der Waals surface area contributed by atoms with Crippen LogP contribution in [-0.4, -0.2) is 40.3 Å². The van der Waals surface area contributed by atoms with E-state index < -0.39 is 5.91 Å². The molecular weight excluding hydrogens is 396 g/mol. The highest BCUT2D eigenvalue weighted by Crippen LogP contribution is 2.30. The van der Waals surface area contributed by atoms with Crippen molar-refractivity contribution in [3.05, 3.63) is 45.1 Å². The van der Waals surface area contributed by atoms with E-state index in [-0.39, 0.29) is 17.7 Å². The first-order valence-electron chi connectivity index (χ1n) is 8.82. The lowest BCUT2D eigenvalue weighted by molar-refractivity contribution is -0.115. The van der Waals surface area contributed by atoms with Gasteiger partial charge in [0.25, 0.3) is 11.8 Å². The smallest absolute Gasteiger partial charge is 0.284 e. The van der Waals surface area contributed by atoms with Gasteiger partial charge in [0.1, 0.15) is 0 Å². The predicted molar refractivity (Wildman–Crippen MR) is 107 cm³/mol. The van der Waals surface area contributed by atoms with Crippen molar-refractivity contribution in [2.75, 3.05) is 17.2 Å². The van der Waals surface area contributed by atoms with Crippen molar-refractivity contribution in [3.63, 3.8) is 0 Å². The fourth-order valence-corrected chi connectivity index (χ4v) is 4.26. The first kappa shape index (κ1) is 20.5. The molecule has 0 unspecified atom stereocenters. The SMILES string of the molecule is CC(=O)Nc1cc(NC(C)=O)cc(C(=O)N2CCc3cc(C(=O)NO)sc3C2)c1. The van der Waals surface area contributed by atoms with Gasteiger partial charge in [-0.15, -0.1) is 11.3 Å². The van der Waals surface area contributed by atoms with E-state index in [1.807, 2.05) is 0 Å². The van der Waals surface area contributed by atoms with E-state index in [1.54, 1.807) is 34.6 Å². The number of benzene rings is 1. The van der Waals surface area contributed by atoms with Crippen molar-refractivity contribution >= 4 is 46.3 Å². The molecule has 10 heteroatoms. The summed E-state index contributed by atoms with van der Waals surface area (Å²) >= 11 is 1.23. The van der Waals surface area contributed by atoms with Crippen LogP contribution in [-0.2, 0) is 22.6 Å². The molecule has 4 N–H and O–H groups in total. The molecule has 1 aromatic carbocycles. The number of fused-ring (bicyclic) bond motifs is 1. The average Bonchev–Trinajstić information content (AvgIpc) is 3.08. The Hall–Kier alpha value is -3.24. The molecule has 0 atom stereocenters. The van der Waals surface area contributed by atoms with Gasteiger partial charge in [-0.25, -0.2) is 5.48 Å². The third-order valence-electron chi connectivity index (χ3n) is 4.32. The van der Waals surface area contributed by atoms with Gasteiger partial charge in [0, 0.05) is 42.2 Å². The predicted octanol–water partition coefficient (Wildman–Crippen LogP) is 1.98. The summed E-state index contributed by atoms with van der Waals surface area (Å²) in [5.74, 6) is -1.42. The lowest BCUT2D eigenvalue weighted by Gasteiger charge is -2.27. The molecule has 1 aliphatic heterocycles. The van der Waals surface area contributed by atoms with Crippen molar-refractivity contribution < 1.29 is 24.4 Å². The lowest BCUT2D eigenvalue weighted by atomic mass is 10.1. The highest BCUT2D eigenvalue weighted by Gasteiger charge is 2.25. The van der Waals surface area contributed by atoms with Gasteiger partial charge in [-0.05, 0) is 36.2 Å². The minimum absolute atomic E-state index is 0.254. The van der Waals surface area contributed by atoms with E-state index >= 15 is 0 Å². The van der Waals surface area contributed by atoms with Gasteiger partial charge in [-0.1, -0.05) is 0 Å². The molecule has 0 saturated heterocycles. The molecule has 0 radical (unpaired) electrons. The summed E-state index contributed by atoms with van der Waals surface area (Å²) in [6, 6.07) is 6.42. The van der Waals surface area contributed by atoms with Crippen molar-refractivity contribution in [1.82, 2.24) is 10.4 Å². The third kappa shape index (κ3) is 4.79. The molecule has 0 spiro atoms. The minimum Gasteiger partial charge on any atom is -0.333 e. The highest BCUT2D eigenvalue weighted by atomic mass is 32.1. The van der Waals surface area contributed by atoms with Crippen LogP contribution in [0, 0.1) is 0 Å². The van der Waals surface area contributed by atoms with Crippen molar-refractivity contribution in [1.29, 1.82) is 0 Å². The zero-order valence-electron chi connectivity index (χ0n) is 15.9. The van der Waals surface area contributed by atoms with Gasteiger partial charge in [0.15, 0.2) is 0 Å². The Kier molecular flexibility index (Phi) is 5.95. The molecule has 0 saturated carbocycles. The van der Waals surface area contributed by atoms with Crippen molar-refractivity contribution in [2.45, 2.75) is 26.8 Å². The molecule has 1 aromatic heterocycles. The van der Waals surface area contributed by atoms with E-state index in [0.29, 0.717) is 41.3 Å². The van der Waals surface area contributed by atoms with Gasteiger partial charge < -0.3 is 15.5 Å². The molecule has 2 heterocycles. The Morgan fingerprint density at radius 1 is 1.00 bits per heavy atom. The van der Waals surface area contributed by atoms with Gasteiger partial charge >= 0.3 is 0 Å². The first-order chi connectivity index (χ1) is 13.8. The molecule has 4 amide bonds. The van der Waals surface area contributed by atoms with Crippen LogP contribution in [0.1, 0.15) is 44.3 Å². The number of amides is 4. The maximum absolute atomic E-state index is 13.1. The summed E-state index contributed by atoms with van der Waals surface area (Å²) in [7, 11) is 0. The second-order valence-corrected chi connectivity index (χ2v) is 7.77. The fraction of sp³-hybridized carbons (Fsp3) is 0.263. The van der Waals surface area contributed by atoms with Crippen LogP contribution in [0.5, 0.6) is 0 Å². The summed E-state index contributed by atoms with van der Waals surface area (Å²) in [4.78, 5) is 50.4. The Morgan fingerprint density at radius 3 is 2.17 bits per heavy atom. The number of nitrogens with zero attached hydrogens (tertiary/aromatic N) is 1. The molecule has 2 aromatic rings. The number of carbonyl (C=O) groups is 4. The van der Waals surface area contributed by atoms with Crippen LogP contribution in [0.15, 0.2) is 24.3 Å². The number of rotatable bonds is 4. The van der Waals surface area contributed by atoms with Gasteiger partial charge in [0.05, 0.1) is 11.4 Å². The largest absolute Gasteiger partial charge is 0.333 e. The zero-order valence-corrected chi connectivity index (χ0v) is 16.7. The fourth-order valence-electron chi connectivity index (χ4n) is 3.14. The Labute approximate surface area is 170 Å². The minimum atomic E-state index is -0.578. The summed E-state index contributed by atoms with van der Waals surface area (Å²) in [6.45, 7) is 3.51. The zero-order chi connectivity index (χ0) is 21.1. The number of nitrogens with one attached hydrogen (secondary N) is 3. The number of carbonyl (C=O) groups excluding carboxylic acids is 4. The summed E-state index contributed by atoms with van der Waals surface area (Å²) in [6.07, 6.45) is 0.584.